The first-order chi connectivity index (χ1) is 17.9. The average molecular weight is 543 g/mol. The Morgan fingerprint density at radius 2 is 1.82 bits per heavy atom. The Kier molecular flexibility index (Phi) is 6.73. The van der Waals surface area contributed by atoms with Gasteiger partial charge in [0.2, 0.25) is 5.91 Å². The van der Waals surface area contributed by atoms with E-state index in [0.29, 0.717) is 11.1 Å². The second-order valence-corrected chi connectivity index (χ2v) is 11.8. The standard InChI is InChI=1S/C27H34N4O8/c1-10(30-39-26(2,3)4)12-9-15(28)20(32)17-13(12)7-11-8-14-19(31(5)6)22(34)18(25(29)37)24(36)27(14,38)23(35)16(11)21(17)33/h9,11,14,16,18-19,30,32,38H,1,7-8,28H2,2-6H3,(H2,29,37)/t11-,14-,16?,18?,19-,27-/m0/s1. The van der Waals surface area contributed by atoms with Crippen molar-refractivity contribution in [3.8, 4) is 5.75 Å². The highest BCUT2D eigenvalue weighted by Crippen LogP contribution is 2.52. The van der Waals surface area contributed by atoms with E-state index in [2.05, 4.69) is 12.1 Å². The van der Waals surface area contributed by atoms with Crippen molar-refractivity contribution in [3.05, 3.63) is 29.3 Å². The molecule has 210 valence electrons. The first-order valence-corrected chi connectivity index (χ1v) is 12.6. The van der Waals surface area contributed by atoms with Crippen molar-refractivity contribution in [2.24, 2.45) is 29.4 Å². The van der Waals surface area contributed by atoms with Crippen LogP contribution >= 0.6 is 0 Å². The fourth-order valence-corrected chi connectivity index (χ4v) is 6.23. The second-order valence-electron chi connectivity index (χ2n) is 11.8. The largest absolute Gasteiger partial charge is 0.505 e. The van der Waals surface area contributed by atoms with E-state index in [1.807, 2.05) is 20.8 Å². The summed E-state index contributed by atoms with van der Waals surface area (Å²) in [7, 11) is 3.05. The van der Waals surface area contributed by atoms with Crippen molar-refractivity contribution < 1.29 is 39.0 Å². The topological polar surface area (TPSA) is 202 Å². The summed E-state index contributed by atoms with van der Waals surface area (Å²) in [5, 5.41) is 22.4. The molecule has 2 saturated carbocycles. The van der Waals surface area contributed by atoms with Crippen molar-refractivity contribution in [2.75, 3.05) is 19.8 Å². The number of likely N-dealkylation sites (N-methyl/N-ethyl adjacent to an activating group) is 1. The lowest BCUT2D eigenvalue weighted by atomic mass is 9.52. The van der Waals surface area contributed by atoms with Gasteiger partial charge in [-0.3, -0.25) is 39.2 Å². The molecule has 3 aliphatic carbocycles. The number of benzene rings is 1. The number of Topliss-reactive ketones (excluding diaryl/α,β-unsaturated/α-hetero) is 4. The third kappa shape index (κ3) is 4.23. The first-order valence-electron chi connectivity index (χ1n) is 12.6. The van der Waals surface area contributed by atoms with Crippen LogP contribution in [0, 0.1) is 23.7 Å². The molecular formula is C27H34N4O8. The van der Waals surface area contributed by atoms with Crippen LogP contribution < -0.4 is 16.9 Å². The number of anilines is 1. The van der Waals surface area contributed by atoms with E-state index in [1.54, 1.807) is 0 Å². The molecule has 4 rings (SSSR count). The zero-order valence-corrected chi connectivity index (χ0v) is 22.5. The fourth-order valence-electron chi connectivity index (χ4n) is 6.23. The van der Waals surface area contributed by atoms with Crippen LogP contribution in [0.4, 0.5) is 5.69 Å². The molecular weight excluding hydrogens is 508 g/mol. The van der Waals surface area contributed by atoms with Gasteiger partial charge in [-0.2, -0.15) is 0 Å². The Bertz CT molecular complexity index is 1330. The number of nitrogen functional groups attached to an aromatic ring is 1. The van der Waals surface area contributed by atoms with E-state index in [0.717, 1.165) is 0 Å². The zero-order chi connectivity index (χ0) is 29.4. The highest BCUT2D eigenvalue weighted by molar-refractivity contribution is 6.32. The molecule has 0 spiro atoms. The molecule has 0 bridgehead atoms. The van der Waals surface area contributed by atoms with Gasteiger partial charge in [0.25, 0.3) is 0 Å². The van der Waals surface area contributed by atoms with Crippen molar-refractivity contribution in [3.63, 3.8) is 0 Å². The number of nitrogens with two attached hydrogens (primary N) is 2. The number of carbonyl (C=O) groups excluding carboxylic acids is 5. The average Bonchev–Trinajstić information content (AvgIpc) is 2.81. The summed E-state index contributed by atoms with van der Waals surface area (Å²) in [4.78, 5) is 73.3. The second kappa shape index (κ2) is 9.25. The number of phenols is 1. The Labute approximate surface area is 225 Å². The third-order valence-corrected chi connectivity index (χ3v) is 7.90. The minimum Gasteiger partial charge on any atom is -0.505 e. The number of rotatable bonds is 5. The number of hydrogen-bond acceptors (Lipinski definition) is 11. The number of aliphatic hydroxyl groups is 1. The summed E-state index contributed by atoms with van der Waals surface area (Å²) in [5.74, 6) is -11.4. The van der Waals surface area contributed by atoms with Gasteiger partial charge in [0, 0.05) is 11.5 Å². The van der Waals surface area contributed by atoms with E-state index in [-0.39, 0.29) is 29.8 Å². The summed E-state index contributed by atoms with van der Waals surface area (Å²) in [6.45, 7) is 9.42. The van der Waals surface area contributed by atoms with Crippen LogP contribution in [0.25, 0.3) is 5.70 Å². The Hall–Kier alpha value is -3.61. The Morgan fingerprint density at radius 1 is 1.21 bits per heavy atom. The number of ketones is 4. The molecule has 1 amide bonds. The number of amides is 1. The molecule has 2 unspecified atom stereocenters. The van der Waals surface area contributed by atoms with E-state index >= 15 is 0 Å². The number of primary amides is 1. The quantitative estimate of drug-likeness (QED) is 0.142. The van der Waals surface area contributed by atoms with Gasteiger partial charge in [0.05, 0.1) is 34.5 Å². The van der Waals surface area contributed by atoms with E-state index in [4.69, 9.17) is 16.3 Å². The van der Waals surface area contributed by atoms with Gasteiger partial charge < -0.3 is 21.7 Å². The van der Waals surface area contributed by atoms with Crippen molar-refractivity contribution in [1.29, 1.82) is 0 Å². The van der Waals surface area contributed by atoms with Crippen LogP contribution in [-0.4, -0.2) is 75.5 Å². The highest BCUT2D eigenvalue weighted by atomic mass is 16.7. The van der Waals surface area contributed by atoms with Crippen LogP contribution in [0.1, 0.15) is 48.7 Å². The lowest BCUT2D eigenvalue weighted by molar-refractivity contribution is -0.181. The first kappa shape index (κ1) is 28.4. The molecule has 0 radical (unpaired) electrons. The predicted molar refractivity (Wildman–Crippen MR) is 139 cm³/mol. The number of phenolic OH excluding ortho intramolecular Hbond substituents is 1. The molecule has 1 aromatic carbocycles. The number of carbonyl (C=O) groups is 5. The van der Waals surface area contributed by atoms with Crippen LogP contribution in [-0.2, 0) is 30.4 Å². The molecule has 12 nitrogen and oxygen atoms in total. The van der Waals surface area contributed by atoms with Crippen LogP contribution in [0.15, 0.2) is 12.6 Å². The molecule has 1 aromatic rings. The maximum atomic E-state index is 13.9. The summed E-state index contributed by atoms with van der Waals surface area (Å²) in [5.41, 5.74) is 11.4. The Balaban J connectivity index is 1.84. The van der Waals surface area contributed by atoms with E-state index in [9.17, 15) is 34.2 Å². The summed E-state index contributed by atoms with van der Waals surface area (Å²) < 4.78 is 0. The van der Waals surface area contributed by atoms with Gasteiger partial charge in [-0.05, 0) is 65.3 Å². The Morgan fingerprint density at radius 3 is 2.36 bits per heavy atom. The minimum absolute atomic E-state index is 0.0626. The van der Waals surface area contributed by atoms with Gasteiger partial charge in [-0.15, -0.1) is 0 Å². The van der Waals surface area contributed by atoms with Gasteiger partial charge in [-0.25, -0.2) is 0 Å². The molecule has 12 heteroatoms. The lowest BCUT2D eigenvalue weighted by Gasteiger charge is -2.52. The molecule has 0 aromatic heterocycles. The fraction of sp³-hybridized carbons (Fsp3) is 0.519. The molecule has 2 fully saturated rings. The predicted octanol–water partition coefficient (Wildman–Crippen LogP) is -0.260. The van der Waals surface area contributed by atoms with Gasteiger partial charge in [0.1, 0.15) is 5.75 Å². The van der Waals surface area contributed by atoms with E-state index < -0.39 is 75.7 Å². The zero-order valence-electron chi connectivity index (χ0n) is 22.5. The van der Waals surface area contributed by atoms with Crippen molar-refractivity contribution in [1.82, 2.24) is 10.4 Å². The number of nitrogens with zero attached hydrogens (tertiary/aromatic N) is 1. The SMILES string of the molecule is C=C(NOC(C)(C)C)c1cc(N)c(O)c2c1C[C@H]1C[C@H]3[C@H](N(C)C)C(=O)C(C(N)=O)C(=O)[C@@]3(O)C(=O)C1C2=O. The van der Waals surface area contributed by atoms with Gasteiger partial charge in [-0.1, -0.05) is 6.58 Å². The van der Waals surface area contributed by atoms with Gasteiger partial charge >= 0.3 is 0 Å². The smallest absolute Gasteiger partial charge is 0.235 e. The van der Waals surface area contributed by atoms with Crippen molar-refractivity contribution in [2.45, 2.75) is 50.9 Å². The summed E-state index contributed by atoms with van der Waals surface area (Å²) >= 11 is 0. The maximum absolute atomic E-state index is 13.9. The molecule has 0 aliphatic heterocycles. The van der Waals surface area contributed by atoms with Crippen LogP contribution in [0.5, 0.6) is 5.75 Å². The molecule has 0 saturated heterocycles. The maximum Gasteiger partial charge on any atom is 0.235 e. The number of hydrogen-bond donors (Lipinski definition) is 5. The molecule has 3 aliphatic rings. The number of fused-ring (bicyclic) bond motifs is 3. The highest BCUT2D eigenvalue weighted by Gasteiger charge is 2.69. The van der Waals surface area contributed by atoms with Gasteiger partial charge in [0.15, 0.2) is 34.7 Å². The molecule has 0 heterocycles. The summed E-state index contributed by atoms with van der Waals surface area (Å²) in [6, 6.07) is 0.264. The molecule has 7 N–H and O–H groups in total. The van der Waals surface area contributed by atoms with Crippen molar-refractivity contribution >= 4 is 40.4 Å². The number of aromatic hydroxyl groups is 1. The molecule has 39 heavy (non-hydrogen) atoms. The number of hydroxylamine groups is 1. The van der Waals surface area contributed by atoms with Crippen LogP contribution in [0.2, 0.25) is 0 Å². The van der Waals surface area contributed by atoms with E-state index in [1.165, 1.54) is 25.1 Å². The monoisotopic (exact) mass is 542 g/mol. The summed E-state index contributed by atoms with van der Waals surface area (Å²) in [6.07, 6.45) is 0.0120. The molecule has 6 atom stereocenters. The number of nitrogens with one attached hydrogen (secondary N) is 1. The normalized spacial score (nSPS) is 30.5. The third-order valence-electron chi connectivity index (χ3n) is 7.90. The minimum atomic E-state index is -2.79. The van der Waals surface area contributed by atoms with Crippen LogP contribution in [0.3, 0.4) is 0 Å². The lowest BCUT2D eigenvalue weighted by Crippen LogP contribution is -2.74.